The van der Waals surface area contributed by atoms with Gasteiger partial charge in [0.05, 0.1) is 29.9 Å². The van der Waals surface area contributed by atoms with Crippen LogP contribution in [0.2, 0.25) is 0 Å². The molecule has 2 aromatic rings. The number of hydrogen-bond donors (Lipinski definition) is 0. The average molecular weight is 564 g/mol. The fourth-order valence-corrected chi connectivity index (χ4v) is 4.96. The summed E-state index contributed by atoms with van der Waals surface area (Å²) in [6, 6.07) is 6.77. The number of rotatable bonds is 7. The topological polar surface area (TPSA) is 38.8 Å². The van der Waals surface area contributed by atoms with Gasteiger partial charge in [0.25, 0.3) is 0 Å². The zero-order valence-corrected chi connectivity index (χ0v) is 22.3. The van der Waals surface area contributed by atoms with Crippen molar-refractivity contribution in [1.82, 2.24) is 4.90 Å². The van der Waals surface area contributed by atoms with Crippen molar-refractivity contribution in [2.75, 3.05) is 13.6 Å². The van der Waals surface area contributed by atoms with E-state index >= 15 is 0 Å². The van der Waals surface area contributed by atoms with Gasteiger partial charge in [-0.05, 0) is 89.0 Å². The number of benzene rings is 2. The van der Waals surface area contributed by atoms with Crippen LogP contribution in [0.4, 0.5) is 30.7 Å². The van der Waals surface area contributed by atoms with Crippen LogP contribution in [0.3, 0.4) is 0 Å². The first-order chi connectivity index (χ1) is 17.8. The number of halogens is 7. The average Bonchev–Trinajstić information content (AvgIpc) is 3.20. The number of alkyl halides is 6. The molecule has 1 saturated carbocycles. The maximum atomic E-state index is 13.7. The van der Waals surface area contributed by atoms with Gasteiger partial charge in [0.2, 0.25) is 0 Å². The Bertz CT molecular complexity index is 1110. The zero-order chi connectivity index (χ0) is 29.3. The van der Waals surface area contributed by atoms with Gasteiger partial charge < -0.3 is 9.47 Å². The molecule has 0 aromatic heterocycles. The normalized spacial score (nSPS) is 21.3. The van der Waals surface area contributed by atoms with E-state index in [-0.39, 0.29) is 24.2 Å². The standard InChI is InChI=1S/C28H32F7NO3/c1-16(18-12-19(27(30,31)32)14-20(13-18)28(33,34)35)38-23-11-10-22(25(23)17-6-8-21(29)9-7-17)36(5)15-24(37)39-26(2,3)4/h6-9,12-14,16,22-23,25H,10-11,15H2,1-5H3. The molecule has 1 aliphatic rings. The van der Waals surface area contributed by atoms with Crippen molar-refractivity contribution in [2.45, 2.75) is 82.7 Å². The number of likely N-dealkylation sites (N-methyl/N-ethyl adjacent to an activating group) is 1. The van der Waals surface area contributed by atoms with Gasteiger partial charge in [0.15, 0.2) is 0 Å². The smallest absolute Gasteiger partial charge is 0.416 e. The largest absolute Gasteiger partial charge is 0.459 e. The molecule has 0 saturated heterocycles. The molecule has 0 radical (unpaired) electrons. The Labute approximate surface area is 223 Å². The predicted molar refractivity (Wildman–Crippen MR) is 130 cm³/mol. The van der Waals surface area contributed by atoms with Crippen molar-refractivity contribution in [3.05, 3.63) is 70.5 Å². The molecule has 1 aliphatic carbocycles. The maximum absolute atomic E-state index is 13.7. The fourth-order valence-electron chi connectivity index (χ4n) is 4.96. The lowest BCUT2D eigenvalue weighted by molar-refractivity contribution is -0.156. The van der Waals surface area contributed by atoms with Crippen LogP contribution in [0.25, 0.3) is 0 Å². The van der Waals surface area contributed by atoms with Crippen LogP contribution >= 0.6 is 0 Å². The van der Waals surface area contributed by atoms with Gasteiger partial charge in [-0.3, -0.25) is 9.69 Å². The lowest BCUT2D eigenvalue weighted by atomic mass is 9.91. The van der Waals surface area contributed by atoms with Gasteiger partial charge in [-0.25, -0.2) is 4.39 Å². The molecule has 39 heavy (non-hydrogen) atoms. The first-order valence-corrected chi connectivity index (χ1v) is 12.5. The van der Waals surface area contributed by atoms with Crippen molar-refractivity contribution in [3.8, 4) is 0 Å². The van der Waals surface area contributed by atoms with Gasteiger partial charge >= 0.3 is 18.3 Å². The Morgan fingerprint density at radius 1 is 0.949 bits per heavy atom. The number of hydrogen-bond acceptors (Lipinski definition) is 4. The molecule has 2 aromatic carbocycles. The van der Waals surface area contributed by atoms with Gasteiger partial charge in [-0.2, -0.15) is 26.3 Å². The summed E-state index contributed by atoms with van der Waals surface area (Å²) in [4.78, 5) is 14.2. The van der Waals surface area contributed by atoms with Crippen molar-refractivity contribution in [1.29, 1.82) is 0 Å². The van der Waals surface area contributed by atoms with Crippen LogP contribution in [0.15, 0.2) is 42.5 Å². The summed E-state index contributed by atoms with van der Waals surface area (Å²) in [6.07, 6.45) is -10.8. The van der Waals surface area contributed by atoms with Crippen LogP contribution in [0.1, 0.15) is 74.8 Å². The van der Waals surface area contributed by atoms with Crippen LogP contribution < -0.4 is 0 Å². The lowest BCUT2D eigenvalue weighted by Crippen LogP contribution is -2.41. The van der Waals surface area contributed by atoms with E-state index < -0.39 is 59.0 Å². The van der Waals surface area contributed by atoms with Gasteiger partial charge in [-0.1, -0.05) is 12.1 Å². The van der Waals surface area contributed by atoms with Crippen LogP contribution in [0, 0.1) is 5.82 Å². The van der Waals surface area contributed by atoms with Crippen molar-refractivity contribution < 1.29 is 45.0 Å². The molecule has 0 spiro atoms. The van der Waals surface area contributed by atoms with E-state index in [0.717, 1.165) is 0 Å². The molecule has 4 nitrogen and oxygen atoms in total. The highest BCUT2D eigenvalue weighted by molar-refractivity contribution is 5.72. The Morgan fingerprint density at radius 3 is 1.97 bits per heavy atom. The summed E-state index contributed by atoms with van der Waals surface area (Å²) in [6.45, 7) is 6.57. The minimum Gasteiger partial charge on any atom is -0.459 e. The summed E-state index contributed by atoms with van der Waals surface area (Å²) >= 11 is 0. The van der Waals surface area contributed by atoms with Gasteiger partial charge in [-0.15, -0.1) is 0 Å². The molecule has 216 valence electrons. The maximum Gasteiger partial charge on any atom is 0.416 e. The number of ether oxygens (including phenoxy) is 2. The molecule has 0 N–H and O–H groups in total. The van der Waals surface area contributed by atoms with E-state index in [0.29, 0.717) is 30.5 Å². The van der Waals surface area contributed by atoms with E-state index in [4.69, 9.17) is 9.47 Å². The van der Waals surface area contributed by atoms with E-state index in [1.165, 1.54) is 19.1 Å². The SMILES string of the molecule is CC(OC1CCC(N(C)CC(=O)OC(C)(C)C)C1c1ccc(F)cc1)c1cc(C(F)(F)F)cc(C(F)(F)F)c1. The van der Waals surface area contributed by atoms with E-state index in [1.807, 2.05) is 0 Å². The molecule has 4 unspecified atom stereocenters. The molecule has 0 aliphatic heterocycles. The third-order valence-corrected chi connectivity index (χ3v) is 6.64. The number of carbonyl (C=O) groups is 1. The van der Waals surface area contributed by atoms with Crippen LogP contribution in [0.5, 0.6) is 0 Å². The molecule has 11 heteroatoms. The monoisotopic (exact) mass is 563 g/mol. The number of esters is 1. The predicted octanol–water partition coefficient (Wildman–Crippen LogP) is 7.53. The molecule has 0 bridgehead atoms. The van der Waals surface area contributed by atoms with Gasteiger partial charge in [0, 0.05) is 12.0 Å². The Kier molecular flexibility index (Phi) is 9.06. The lowest BCUT2D eigenvalue weighted by Gasteiger charge is -2.33. The molecular formula is C28H32F7NO3. The molecule has 4 atom stereocenters. The van der Waals surface area contributed by atoms with Crippen LogP contribution in [-0.4, -0.2) is 42.2 Å². The minimum absolute atomic E-state index is 0.0511. The highest BCUT2D eigenvalue weighted by Crippen LogP contribution is 2.43. The number of carbonyl (C=O) groups excluding carboxylic acids is 1. The summed E-state index contributed by atoms with van der Waals surface area (Å²) in [5.41, 5.74) is -3.11. The molecular weight excluding hydrogens is 531 g/mol. The first-order valence-electron chi connectivity index (χ1n) is 12.5. The summed E-state index contributed by atoms with van der Waals surface area (Å²) in [5, 5.41) is 0. The second kappa shape index (κ2) is 11.4. The molecule has 3 rings (SSSR count). The third kappa shape index (κ3) is 8.17. The van der Waals surface area contributed by atoms with E-state index in [1.54, 1.807) is 44.9 Å². The van der Waals surface area contributed by atoms with Gasteiger partial charge in [0.1, 0.15) is 11.4 Å². The zero-order valence-electron chi connectivity index (χ0n) is 22.3. The van der Waals surface area contributed by atoms with E-state index in [9.17, 15) is 35.5 Å². The molecule has 0 heterocycles. The Hall–Kier alpha value is -2.66. The Balaban J connectivity index is 1.90. The van der Waals surface area contributed by atoms with Crippen molar-refractivity contribution in [3.63, 3.8) is 0 Å². The molecule has 1 fully saturated rings. The quantitative estimate of drug-likeness (QED) is 0.258. The van der Waals surface area contributed by atoms with Crippen molar-refractivity contribution in [2.24, 2.45) is 0 Å². The minimum atomic E-state index is -4.98. The second-order valence-corrected chi connectivity index (χ2v) is 10.9. The van der Waals surface area contributed by atoms with Crippen LogP contribution in [-0.2, 0) is 26.6 Å². The number of nitrogens with zero attached hydrogens (tertiary/aromatic N) is 1. The highest BCUT2D eigenvalue weighted by Gasteiger charge is 2.42. The second-order valence-electron chi connectivity index (χ2n) is 10.9. The van der Waals surface area contributed by atoms with E-state index in [2.05, 4.69) is 0 Å². The fraction of sp³-hybridized carbons (Fsp3) is 0.536. The summed E-state index contributed by atoms with van der Waals surface area (Å²) < 4.78 is 106. The summed E-state index contributed by atoms with van der Waals surface area (Å²) in [5.74, 6) is -1.36. The molecule has 0 amide bonds. The van der Waals surface area contributed by atoms with Crippen molar-refractivity contribution >= 4 is 5.97 Å². The summed E-state index contributed by atoms with van der Waals surface area (Å²) in [7, 11) is 1.72. The Morgan fingerprint density at radius 2 is 1.49 bits per heavy atom. The first kappa shape index (κ1) is 30.9. The third-order valence-electron chi connectivity index (χ3n) is 6.64. The highest BCUT2D eigenvalue weighted by atomic mass is 19.4.